The Morgan fingerprint density at radius 1 is 1.12 bits per heavy atom. The van der Waals surface area contributed by atoms with Crippen LogP contribution < -0.4 is 16.0 Å². The molecule has 6 nitrogen and oxygen atoms in total. The van der Waals surface area contributed by atoms with Crippen molar-refractivity contribution in [1.82, 2.24) is 10.6 Å². The summed E-state index contributed by atoms with van der Waals surface area (Å²) in [5, 5.41) is 18.3. The molecule has 1 aliphatic heterocycles. The third kappa shape index (κ3) is 3.47. The van der Waals surface area contributed by atoms with Gasteiger partial charge in [0.25, 0.3) is 5.91 Å². The number of phenols is 1. The Morgan fingerprint density at radius 2 is 1.88 bits per heavy atom. The molecule has 25 heavy (non-hydrogen) atoms. The lowest BCUT2D eigenvalue weighted by Gasteiger charge is -2.29. The fourth-order valence-corrected chi connectivity index (χ4v) is 2.88. The summed E-state index contributed by atoms with van der Waals surface area (Å²) in [4.78, 5) is 24.7. The van der Waals surface area contributed by atoms with Gasteiger partial charge in [-0.05, 0) is 37.6 Å². The number of carbonyl (C=O) groups is 2. The number of amides is 3. The second kappa shape index (κ2) is 6.68. The van der Waals surface area contributed by atoms with Crippen molar-refractivity contribution in [2.24, 2.45) is 0 Å². The molecular weight excluding hydrogens is 318 g/mol. The number of benzene rings is 2. The van der Waals surface area contributed by atoms with Gasteiger partial charge in [0.2, 0.25) is 0 Å². The smallest absolute Gasteiger partial charge is 0.319 e. The summed E-state index contributed by atoms with van der Waals surface area (Å²) in [7, 11) is 0. The van der Waals surface area contributed by atoms with Gasteiger partial charge in [0.15, 0.2) is 0 Å². The standard InChI is InChI=1S/C19H19N3O3/c1-11-6-5-7-13(10-11)21-18(24)16-12(2)20-19(25)22-17(16)14-8-3-4-9-15(14)23/h3-10,17,23H,1-2H3,(H,21,24)(H2,20,22,25). The summed E-state index contributed by atoms with van der Waals surface area (Å²) >= 11 is 0. The van der Waals surface area contributed by atoms with E-state index in [0.717, 1.165) is 5.56 Å². The van der Waals surface area contributed by atoms with Crippen molar-refractivity contribution in [3.05, 3.63) is 70.9 Å². The fourth-order valence-electron chi connectivity index (χ4n) is 2.88. The van der Waals surface area contributed by atoms with E-state index in [1.807, 2.05) is 25.1 Å². The van der Waals surface area contributed by atoms with E-state index in [2.05, 4.69) is 16.0 Å². The molecule has 3 rings (SSSR count). The zero-order valence-electron chi connectivity index (χ0n) is 14.0. The number of urea groups is 1. The highest BCUT2D eigenvalue weighted by molar-refractivity contribution is 6.06. The summed E-state index contributed by atoms with van der Waals surface area (Å²) < 4.78 is 0. The van der Waals surface area contributed by atoms with Gasteiger partial charge < -0.3 is 21.1 Å². The third-order valence-electron chi connectivity index (χ3n) is 4.04. The number of para-hydroxylation sites is 1. The van der Waals surface area contributed by atoms with Crippen molar-refractivity contribution < 1.29 is 14.7 Å². The van der Waals surface area contributed by atoms with E-state index < -0.39 is 12.1 Å². The van der Waals surface area contributed by atoms with Crippen molar-refractivity contribution in [3.8, 4) is 5.75 Å². The summed E-state index contributed by atoms with van der Waals surface area (Å²) in [6, 6.07) is 12.9. The minimum absolute atomic E-state index is 0.0170. The molecule has 0 aromatic heterocycles. The van der Waals surface area contributed by atoms with Gasteiger partial charge >= 0.3 is 6.03 Å². The summed E-state index contributed by atoms with van der Waals surface area (Å²) in [6.07, 6.45) is 0. The first kappa shape index (κ1) is 16.6. The number of carbonyl (C=O) groups excluding carboxylic acids is 2. The second-order valence-corrected chi connectivity index (χ2v) is 5.95. The molecule has 128 valence electrons. The predicted octanol–water partition coefficient (Wildman–Crippen LogP) is 2.97. The molecule has 2 aromatic carbocycles. The Balaban J connectivity index is 1.97. The van der Waals surface area contributed by atoms with Crippen LogP contribution in [-0.2, 0) is 4.79 Å². The maximum atomic E-state index is 12.8. The lowest BCUT2D eigenvalue weighted by atomic mass is 9.94. The number of aromatic hydroxyl groups is 1. The van der Waals surface area contributed by atoms with Crippen molar-refractivity contribution in [1.29, 1.82) is 0 Å². The van der Waals surface area contributed by atoms with Crippen LogP contribution in [0.4, 0.5) is 10.5 Å². The molecule has 0 saturated heterocycles. The Hall–Kier alpha value is -3.28. The highest BCUT2D eigenvalue weighted by Crippen LogP contribution is 2.32. The van der Waals surface area contributed by atoms with Gasteiger partial charge in [0.1, 0.15) is 5.75 Å². The molecule has 1 aliphatic rings. The van der Waals surface area contributed by atoms with E-state index in [1.165, 1.54) is 6.07 Å². The topological polar surface area (TPSA) is 90.5 Å². The molecule has 1 unspecified atom stereocenters. The maximum Gasteiger partial charge on any atom is 0.319 e. The number of phenolic OH excluding ortho intramolecular Hbond substituents is 1. The Bertz CT molecular complexity index is 874. The summed E-state index contributed by atoms with van der Waals surface area (Å²) in [5.74, 6) is -0.327. The number of nitrogens with one attached hydrogen (secondary N) is 3. The monoisotopic (exact) mass is 337 g/mol. The normalized spacial score (nSPS) is 16.9. The number of rotatable bonds is 3. The van der Waals surface area contributed by atoms with Crippen molar-refractivity contribution in [2.45, 2.75) is 19.9 Å². The molecule has 4 N–H and O–H groups in total. The van der Waals surface area contributed by atoms with Crippen LogP contribution in [0.2, 0.25) is 0 Å². The number of allylic oxidation sites excluding steroid dienone is 1. The number of hydrogen-bond donors (Lipinski definition) is 4. The van der Waals surface area contributed by atoms with Gasteiger partial charge in [0, 0.05) is 16.9 Å². The minimum atomic E-state index is -0.736. The highest BCUT2D eigenvalue weighted by Gasteiger charge is 2.32. The zero-order valence-corrected chi connectivity index (χ0v) is 14.0. The molecule has 3 amide bonds. The first-order valence-electron chi connectivity index (χ1n) is 7.90. The van der Waals surface area contributed by atoms with Crippen LogP contribution in [0.1, 0.15) is 24.1 Å². The third-order valence-corrected chi connectivity index (χ3v) is 4.04. The lowest BCUT2D eigenvalue weighted by molar-refractivity contribution is -0.113. The second-order valence-electron chi connectivity index (χ2n) is 5.95. The van der Waals surface area contributed by atoms with Gasteiger partial charge in [0.05, 0.1) is 11.6 Å². The average Bonchev–Trinajstić information content (AvgIpc) is 2.54. The molecule has 1 atom stereocenters. The van der Waals surface area contributed by atoms with E-state index in [1.54, 1.807) is 31.2 Å². The predicted molar refractivity (Wildman–Crippen MR) is 95.0 cm³/mol. The number of anilines is 1. The fraction of sp³-hybridized carbons (Fsp3) is 0.158. The molecule has 0 aliphatic carbocycles. The SMILES string of the molecule is CC1=C(C(=O)Nc2cccc(C)c2)C(c2ccccc2O)NC(=O)N1. The summed E-state index contributed by atoms with van der Waals surface area (Å²) in [6.45, 7) is 3.60. The van der Waals surface area contributed by atoms with Gasteiger partial charge in [-0.1, -0.05) is 30.3 Å². The largest absolute Gasteiger partial charge is 0.508 e. The van der Waals surface area contributed by atoms with E-state index in [9.17, 15) is 14.7 Å². The molecule has 6 heteroatoms. The molecule has 0 spiro atoms. The lowest BCUT2D eigenvalue weighted by Crippen LogP contribution is -2.46. The zero-order chi connectivity index (χ0) is 18.0. The van der Waals surface area contributed by atoms with Crippen LogP contribution in [0, 0.1) is 6.92 Å². The molecule has 0 radical (unpaired) electrons. The molecule has 1 heterocycles. The van der Waals surface area contributed by atoms with Crippen molar-refractivity contribution in [3.63, 3.8) is 0 Å². The van der Waals surface area contributed by atoms with Crippen molar-refractivity contribution in [2.75, 3.05) is 5.32 Å². The first-order chi connectivity index (χ1) is 12.0. The summed E-state index contributed by atoms with van der Waals surface area (Å²) in [5.41, 5.74) is 2.95. The van der Waals surface area contributed by atoms with Gasteiger partial charge in [-0.25, -0.2) is 4.79 Å². The Labute approximate surface area is 145 Å². The Morgan fingerprint density at radius 3 is 2.60 bits per heavy atom. The highest BCUT2D eigenvalue weighted by atomic mass is 16.3. The van der Waals surface area contributed by atoms with E-state index >= 15 is 0 Å². The quantitative estimate of drug-likeness (QED) is 0.694. The van der Waals surface area contributed by atoms with Crippen LogP contribution in [-0.4, -0.2) is 17.0 Å². The van der Waals surface area contributed by atoms with Crippen LogP contribution in [0.25, 0.3) is 0 Å². The van der Waals surface area contributed by atoms with Crippen LogP contribution in [0.3, 0.4) is 0 Å². The number of hydrogen-bond acceptors (Lipinski definition) is 3. The minimum Gasteiger partial charge on any atom is -0.508 e. The molecule has 0 bridgehead atoms. The molecule has 0 fully saturated rings. The van der Waals surface area contributed by atoms with Gasteiger partial charge in [-0.3, -0.25) is 4.79 Å². The van der Waals surface area contributed by atoms with Gasteiger partial charge in [-0.15, -0.1) is 0 Å². The Kier molecular flexibility index (Phi) is 4.43. The van der Waals surface area contributed by atoms with Crippen LogP contribution >= 0.6 is 0 Å². The first-order valence-corrected chi connectivity index (χ1v) is 7.90. The van der Waals surface area contributed by atoms with E-state index in [0.29, 0.717) is 22.5 Å². The molecule has 0 saturated carbocycles. The number of aryl methyl sites for hydroxylation is 1. The molecule has 2 aromatic rings. The van der Waals surface area contributed by atoms with Crippen molar-refractivity contribution >= 4 is 17.6 Å². The molecular formula is C19H19N3O3. The maximum absolute atomic E-state index is 12.8. The van der Waals surface area contributed by atoms with Crippen LogP contribution in [0.15, 0.2) is 59.8 Å². The average molecular weight is 337 g/mol. The van der Waals surface area contributed by atoms with E-state index in [4.69, 9.17) is 0 Å². The van der Waals surface area contributed by atoms with E-state index in [-0.39, 0.29) is 11.7 Å². The van der Waals surface area contributed by atoms with Gasteiger partial charge in [-0.2, -0.15) is 0 Å². The van der Waals surface area contributed by atoms with Crippen LogP contribution in [0.5, 0.6) is 5.75 Å².